The van der Waals surface area contributed by atoms with Crippen LogP contribution in [0.3, 0.4) is 0 Å². The van der Waals surface area contributed by atoms with Crippen molar-refractivity contribution in [3.63, 3.8) is 0 Å². The van der Waals surface area contributed by atoms with Crippen LogP contribution in [0.1, 0.15) is 32.3 Å². The highest BCUT2D eigenvalue weighted by Gasteiger charge is 2.17. The number of nitrogens with zero attached hydrogens (tertiary/aromatic N) is 2. The minimum absolute atomic E-state index is 0.0715. The fourth-order valence-electron chi connectivity index (χ4n) is 2.79. The average molecular weight is 327 g/mol. The quantitative estimate of drug-likeness (QED) is 0.618. The third-order valence-electron chi connectivity index (χ3n) is 4.21. The molecular formula is C19H25N3O2. The van der Waals surface area contributed by atoms with E-state index in [1.165, 1.54) is 0 Å². The largest absolute Gasteiger partial charge is 0.376 e. The van der Waals surface area contributed by atoms with Gasteiger partial charge < -0.3 is 15.0 Å². The van der Waals surface area contributed by atoms with Gasteiger partial charge in [0.1, 0.15) is 11.6 Å². The summed E-state index contributed by atoms with van der Waals surface area (Å²) in [4.78, 5) is 14.4. The van der Waals surface area contributed by atoms with Crippen molar-refractivity contribution < 1.29 is 9.53 Å². The molecule has 2 rings (SSSR count). The molecule has 0 aromatic heterocycles. The number of benzene rings is 1. The van der Waals surface area contributed by atoms with Crippen LogP contribution in [-0.4, -0.2) is 38.3 Å². The number of nitriles is 1. The summed E-state index contributed by atoms with van der Waals surface area (Å²) >= 11 is 0. The van der Waals surface area contributed by atoms with Crippen LogP contribution < -0.4 is 10.2 Å². The summed E-state index contributed by atoms with van der Waals surface area (Å²) in [5.74, 6) is -0.346. The average Bonchev–Trinajstić information content (AvgIpc) is 3.13. The van der Waals surface area contributed by atoms with E-state index in [4.69, 9.17) is 4.74 Å². The molecule has 1 aromatic carbocycles. The number of nitrogens with one attached hydrogen (secondary N) is 1. The van der Waals surface area contributed by atoms with Crippen LogP contribution in [0.4, 0.5) is 5.69 Å². The summed E-state index contributed by atoms with van der Waals surface area (Å²) in [5.41, 5.74) is 2.09. The van der Waals surface area contributed by atoms with E-state index in [0.717, 1.165) is 43.8 Å². The number of amides is 1. The van der Waals surface area contributed by atoms with E-state index in [-0.39, 0.29) is 17.6 Å². The molecule has 0 spiro atoms. The van der Waals surface area contributed by atoms with E-state index in [9.17, 15) is 10.1 Å². The molecule has 1 saturated heterocycles. The molecule has 1 atom stereocenters. The highest BCUT2D eigenvalue weighted by atomic mass is 16.5. The molecular weight excluding hydrogens is 302 g/mol. The number of anilines is 1. The van der Waals surface area contributed by atoms with E-state index in [2.05, 4.69) is 24.1 Å². The van der Waals surface area contributed by atoms with Gasteiger partial charge in [-0.25, -0.2) is 0 Å². The number of carbonyl (C=O) groups excluding carboxylic acids is 1. The zero-order chi connectivity index (χ0) is 17.4. The molecule has 1 N–H and O–H groups in total. The predicted molar refractivity (Wildman–Crippen MR) is 95.6 cm³/mol. The number of hydrogen-bond acceptors (Lipinski definition) is 4. The zero-order valence-electron chi connectivity index (χ0n) is 14.4. The Bertz CT molecular complexity index is 606. The van der Waals surface area contributed by atoms with Gasteiger partial charge in [0.25, 0.3) is 5.91 Å². The van der Waals surface area contributed by atoms with Gasteiger partial charge in [-0.1, -0.05) is 12.1 Å². The number of carbonyl (C=O) groups is 1. The van der Waals surface area contributed by atoms with Gasteiger partial charge in [0.2, 0.25) is 0 Å². The van der Waals surface area contributed by atoms with Gasteiger partial charge in [0.05, 0.1) is 6.10 Å². The van der Waals surface area contributed by atoms with Crippen molar-refractivity contribution in [3.05, 3.63) is 35.4 Å². The van der Waals surface area contributed by atoms with Crippen molar-refractivity contribution >= 4 is 17.7 Å². The fourth-order valence-corrected chi connectivity index (χ4v) is 2.79. The number of ether oxygens (including phenoxy) is 1. The SMILES string of the molecule is CCN(CC)c1ccc(C=C(C#N)C(=O)NCC2CCCO2)cc1. The Balaban J connectivity index is 2.00. The first-order chi connectivity index (χ1) is 11.7. The third-order valence-corrected chi connectivity index (χ3v) is 4.21. The molecule has 1 aromatic rings. The molecule has 1 aliphatic rings. The van der Waals surface area contributed by atoms with Crippen LogP contribution in [-0.2, 0) is 9.53 Å². The highest BCUT2D eigenvalue weighted by Crippen LogP contribution is 2.17. The van der Waals surface area contributed by atoms with Crippen LogP contribution in [0.5, 0.6) is 0 Å². The van der Waals surface area contributed by atoms with Gasteiger partial charge in [0.15, 0.2) is 0 Å². The second kappa shape index (κ2) is 9.09. The molecule has 5 heteroatoms. The van der Waals surface area contributed by atoms with E-state index < -0.39 is 0 Å². The second-order valence-corrected chi connectivity index (χ2v) is 5.78. The van der Waals surface area contributed by atoms with Crippen LogP contribution in [0.15, 0.2) is 29.8 Å². The Labute approximate surface area is 143 Å². The molecule has 0 saturated carbocycles. The minimum Gasteiger partial charge on any atom is -0.376 e. The molecule has 0 aliphatic carbocycles. The maximum Gasteiger partial charge on any atom is 0.262 e. The normalized spacial score (nSPS) is 17.4. The summed E-state index contributed by atoms with van der Waals surface area (Å²) < 4.78 is 5.47. The number of hydrogen-bond donors (Lipinski definition) is 1. The van der Waals surface area contributed by atoms with Crippen LogP contribution in [0, 0.1) is 11.3 Å². The van der Waals surface area contributed by atoms with Gasteiger partial charge in [-0.3, -0.25) is 4.79 Å². The first kappa shape index (κ1) is 18.0. The molecule has 1 unspecified atom stereocenters. The topological polar surface area (TPSA) is 65.4 Å². The molecule has 128 valence electrons. The lowest BCUT2D eigenvalue weighted by atomic mass is 10.1. The van der Waals surface area contributed by atoms with Gasteiger partial charge in [-0.05, 0) is 50.5 Å². The predicted octanol–water partition coefficient (Wildman–Crippen LogP) is 2.73. The monoisotopic (exact) mass is 327 g/mol. The maximum absolute atomic E-state index is 12.1. The molecule has 5 nitrogen and oxygen atoms in total. The minimum atomic E-state index is -0.346. The van der Waals surface area contributed by atoms with Crippen molar-refractivity contribution in [2.24, 2.45) is 0 Å². The summed E-state index contributed by atoms with van der Waals surface area (Å²) in [6.45, 7) is 7.33. The van der Waals surface area contributed by atoms with E-state index >= 15 is 0 Å². The van der Waals surface area contributed by atoms with Gasteiger partial charge >= 0.3 is 0 Å². The second-order valence-electron chi connectivity index (χ2n) is 5.78. The molecule has 0 radical (unpaired) electrons. The van der Waals surface area contributed by atoms with Crippen molar-refractivity contribution in [2.75, 3.05) is 31.1 Å². The van der Waals surface area contributed by atoms with Crippen LogP contribution in [0.2, 0.25) is 0 Å². The summed E-state index contributed by atoms with van der Waals surface area (Å²) in [6, 6.07) is 9.87. The third kappa shape index (κ3) is 4.84. The Morgan fingerprint density at radius 2 is 2.08 bits per heavy atom. The van der Waals surface area contributed by atoms with Crippen molar-refractivity contribution in [1.29, 1.82) is 5.26 Å². The van der Waals surface area contributed by atoms with E-state index in [0.29, 0.717) is 6.54 Å². The smallest absolute Gasteiger partial charge is 0.262 e. The molecule has 24 heavy (non-hydrogen) atoms. The molecule has 0 bridgehead atoms. The lowest BCUT2D eigenvalue weighted by molar-refractivity contribution is -0.117. The van der Waals surface area contributed by atoms with E-state index in [1.54, 1.807) is 6.08 Å². The molecule has 1 heterocycles. The maximum atomic E-state index is 12.1. The molecule has 1 fully saturated rings. The summed E-state index contributed by atoms with van der Waals surface area (Å²) in [5, 5.41) is 12.0. The summed E-state index contributed by atoms with van der Waals surface area (Å²) in [6.07, 6.45) is 3.68. The first-order valence-corrected chi connectivity index (χ1v) is 8.54. The van der Waals surface area contributed by atoms with E-state index in [1.807, 2.05) is 30.3 Å². The van der Waals surface area contributed by atoms with Crippen LogP contribution in [0.25, 0.3) is 6.08 Å². The van der Waals surface area contributed by atoms with Crippen molar-refractivity contribution in [1.82, 2.24) is 5.32 Å². The van der Waals surface area contributed by atoms with Crippen LogP contribution >= 0.6 is 0 Å². The van der Waals surface area contributed by atoms with Crippen molar-refractivity contribution in [2.45, 2.75) is 32.8 Å². The Morgan fingerprint density at radius 1 is 1.38 bits per heavy atom. The lowest BCUT2D eigenvalue weighted by Crippen LogP contribution is -2.32. The Kier molecular flexibility index (Phi) is 6.83. The van der Waals surface area contributed by atoms with Crippen molar-refractivity contribution in [3.8, 4) is 6.07 Å². The number of rotatable bonds is 7. The lowest BCUT2D eigenvalue weighted by Gasteiger charge is -2.20. The Morgan fingerprint density at radius 3 is 2.62 bits per heavy atom. The molecule has 1 amide bonds. The summed E-state index contributed by atoms with van der Waals surface area (Å²) in [7, 11) is 0. The van der Waals surface area contributed by atoms with Gasteiger partial charge in [-0.15, -0.1) is 0 Å². The standard InChI is InChI=1S/C19H25N3O2/c1-3-22(4-2)17-9-7-15(8-10-17)12-16(13-20)19(23)21-14-18-6-5-11-24-18/h7-10,12,18H,3-6,11,14H2,1-2H3,(H,21,23). The van der Waals surface area contributed by atoms with Gasteiger partial charge in [0, 0.05) is 31.9 Å². The van der Waals surface area contributed by atoms with Gasteiger partial charge in [-0.2, -0.15) is 5.26 Å². The fraction of sp³-hybridized carbons (Fsp3) is 0.474. The first-order valence-electron chi connectivity index (χ1n) is 8.54. The molecule has 1 aliphatic heterocycles. The highest BCUT2D eigenvalue weighted by molar-refractivity contribution is 6.01. The zero-order valence-corrected chi connectivity index (χ0v) is 14.4. The Hall–Kier alpha value is -2.32.